The third-order valence-corrected chi connectivity index (χ3v) is 6.11. The molecule has 1 amide bonds. The number of halogens is 2. The molecule has 0 bridgehead atoms. The lowest BCUT2D eigenvalue weighted by Gasteiger charge is -2.39. The molecule has 2 aromatic carbocycles. The fourth-order valence-corrected chi connectivity index (χ4v) is 4.75. The van der Waals surface area contributed by atoms with E-state index in [4.69, 9.17) is 23.2 Å². The third-order valence-electron chi connectivity index (χ3n) is 5.60. The van der Waals surface area contributed by atoms with Gasteiger partial charge in [0, 0.05) is 22.5 Å². The molecule has 4 heteroatoms. The lowest BCUT2D eigenvalue weighted by Crippen LogP contribution is -2.32. The van der Waals surface area contributed by atoms with Crippen molar-refractivity contribution in [2.45, 2.75) is 24.7 Å². The molecule has 1 saturated heterocycles. The maximum Gasteiger partial charge on any atom is 0.223 e. The van der Waals surface area contributed by atoms with Crippen molar-refractivity contribution in [3.05, 3.63) is 69.7 Å². The summed E-state index contributed by atoms with van der Waals surface area (Å²) in [6, 6.07) is 16.3. The quantitative estimate of drug-likeness (QED) is 0.801. The Hall–Kier alpha value is -1.51. The molecule has 0 spiro atoms. The largest absolute Gasteiger partial charge is 0.356 e. The van der Waals surface area contributed by atoms with Crippen LogP contribution in [0.15, 0.2) is 48.5 Å². The Morgan fingerprint density at radius 1 is 0.792 bits per heavy atom. The zero-order chi connectivity index (χ0) is 16.7. The predicted octanol–water partition coefficient (Wildman–Crippen LogP) is 5.02. The fraction of sp³-hybridized carbons (Fsp3) is 0.350. The van der Waals surface area contributed by atoms with E-state index < -0.39 is 0 Å². The van der Waals surface area contributed by atoms with E-state index in [1.165, 1.54) is 11.1 Å². The van der Waals surface area contributed by atoms with Crippen LogP contribution in [0.5, 0.6) is 0 Å². The molecule has 1 aliphatic carbocycles. The van der Waals surface area contributed by atoms with Crippen molar-refractivity contribution in [3.63, 3.8) is 0 Å². The maximum absolute atomic E-state index is 12.2. The van der Waals surface area contributed by atoms with Crippen molar-refractivity contribution >= 4 is 29.1 Å². The average Bonchev–Trinajstić information content (AvgIpc) is 2.97. The van der Waals surface area contributed by atoms with Crippen molar-refractivity contribution < 1.29 is 4.79 Å². The van der Waals surface area contributed by atoms with E-state index in [2.05, 4.69) is 29.6 Å². The number of fused-ring (bicyclic) bond motifs is 1. The van der Waals surface area contributed by atoms with E-state index in [1.54, 1.807) is 0 Å². The Bertz CT molecular complexity index is 741. The molecule has 1 saturated carbocycles. The molecule has 2 fully saturated rings. The fourth-order valence-electron chi connectivity index (χ4n) is 4.49. The van der Waals surface area contributed by atoms with Gasteiger partial charge in [-0.05, 0) is 66.0 Å². The molecule has 1 aliphatic heterocycles. The topological polar surface area (TPSA) is 29.1 Å². The van der Waals surface area contributed by atoms with Crippen LogP contribution in [0.25, 0.3) is 0 Å². The SMILES string of the molecule is O=C1NC[C@H]2[C@@H](c3ccc(Cl)cc3)[C@H](c3ccc(Cl)cc3)CC[C@@H]12. The summed E-state index contributed by atoms with van der Waals surface area (Å²) in [6.45, 7) is 0.765. The molecule has 24 heavy (non-hydrogen) atoms. The molecule has 2 aliphatic rings. The normalized spacial score (nSPS) is 29.2. The Balaban J connectivity index is 1.75. The highest BCUT2D eigenvalue weighted by atomic mass is 35.5. The first kappa shape index (κ1) is 16.0. The maximum atomic E-state index is 12.2. The van der Waals surface area contributed by atoms with Crippen molar-refractivity contribution in [1.29, 1.82) is 0 Å². The van der Waals surface area contributed by atoms with Crippen LogP contribution < -0.4 is 5.32 Å². The van der Waals surface area contributed by atoms with E-state index >= 15 is 0 Å². The summed E-state index contributed by atoms with van der Waals surface area (Å²) in [5, 5.41) is 4.57. The lowest BCUT2D eigenvalue weighted by molar-refractivity contribution is -0.123. The van der Waals surface area contributed by atoms with Crippen molar-refractivity contribution in [2.75, 3.05) is 6.54 Å². The van der Waals surface area contributed by atoms with Gasteiger partial charge in [0.15, 0.2) is 0 Å². The first-order valence-electron chi connectivity index (χ1n) is 8.42. The number of nitrogens with one attached hydrogen (secondary N) is 1. The number of carbonyl (C=O) groups is 1. The van der Waals surface area contributed by atoms with Crippen LogP contribution in [0.3, 0.4) is 0 Å². The lowest BCUT2D eigenvalue weighted by atomic mass is 9.63. The predicted molar refractivity (Wildman–Crippen MR) is 97.6 cm³/mol. The van der Waals surface area contributed by atoms with Crippen molar-refractivity contribution in [1.82, 2.24) is 5.32 Å². The molecule has 1 heterocycles. The first-order chi connectivity index (χ1) is 11.6. The van der Waals surface area contributed by atoms with E-state index in [-0.39, 0.29) is 11.8 Å². The summed E-state index contributed by atoms with van der Waals surface area (Å²) in [7, 11) is 0. The van der Waals surface area contributed by atoms with Gasteiger partial charge in [-0.1, -0.05) is 47.5 Å². The number of hydrogen-bond acceptors (Lipinski definition) is 1. The molecule has 124 valence electrons. The minimum atomic E-state index is 0.134. The highest BCUT2D eigenvalue weighted by Crippen LogP contribution is 2.51. The van der Waals surface area contributed by atoms with Crippen LogP contribution in [0.4, 0.5) is 0 Å². The summed E-state index contributed by atoms with van der Waals surface area (Å²) < 4.78 is 0. The minimum absolute atomic E-state index is 0.134. The van der Waals surface area contributed by atoms with E-state index in [0.717, 1.165) is 29.4 Å². The van der Waals surface area contributed by atoms with Gasteiger partial charge < -0.3 is 5.32 Å². The van der Waals surface area contributed by atoms with Crippen LogP contribution >= 0.6 is 23.2 Å². The second-order valence-corrected chi connectivity index (χ2v) is 7.70. The second-order valence-electron chi connectivity index (χ2n) is 6.83. The number of benzene rings is 2. The van der Waals surface area contributed by atoms with E-state index in [9.17, 15) is 4.79 Å². The molecule has 2 nitrogen and oxygen atoms in total. The Labute approximate surface area is 152 Å². The number of amides is 1. The van der Waals surface area contributed by atoms with Gasteiger partial charge >= 0.3 is 0 Å². The number of carbonyl (C=O) groups excluding carboxylic acids is 1. The molecule has 0 aromatic heterocycles. The van der Waals surface area contributed by atoms with Gasteiger partial charge in [0.25, 0.3) is 0 Å². The summed E-state index contributed by atoms with van der Waals surface area (Å²) in [6.07, 6.45) is 1.97. The van der Waals surface area contributed by atoms with Crippen LogP contribution in [-0.4, -0.2) is 12.5 Å². The Morgan fingerprint density at radius 3 is 1.96 bits per heavy atom. The van der Waals surface area contributed by atoms with Crippen LogP contribution in [0.1, 0.15) is 35.8 Å². The summed E-state index contributed by atoms with van der Waals surface area (Å²) in [5.41, 5.74) is 2.57. The molecule has 4 rings (SSSR count). The number of rotatable bonds is 2. The average molecular weight is 360 g/mol. The van der Waals surface area contributed by atoms with Gasteiger partial charge in [0.05, 0.1) is 0 Å². The van der Waals surface area contributed by atoms with Gasteiger partial charge in [-0.15, -0.1) is 0 Å². The Kier molecular flexibility index (Phi) is 4.28. The van der Waals surface area contributed by atoms with Gasteiger partial charge in [-0.25, -0.2) is 0 Å². The van der Waals surface area contributed by atoms with E-state index in [0.29, 0.717) is 17.8 Å². The van der Waals surface area contributed by atoms with Gasteiger partial charge in [0.1, 0.15) is 0 Å². The first-order valence-corrected chi connectivity index (χ1v) is 9.18. The second kappa shape index (κ2) is 6.42. The smallest absolute Gasteiger partial charge is 0.223 e. The summed E-state index contributed by atoms with van der Waals surface area (Å²) >= 11 is 12.1. The zero-order valence-electron chi connectivity index (χ0n) is 13.2. The van der Waals surface area contributed by atoms with Crippen molar-refractivity contribution in [2.24, 2.45) is 11.8 Å². The van der Waals surface area contributed by atoms with Crippen LogP contribution in [0, 0.1) is 11.8 Å². The Morgan fingerprint density at radius 2 is 1.33 bits per heavy atom. The number of hydrogen-bond donors (Lipinski definition) is 1. The standard InChI is InChI=1S/C20H19Cl2NO/c21-14-5-1-12(2-6-14)16-9-10-17-18(11-23-20(17)24)19(16)13-3-7-15(22)8-4-13/h1-8,16-19H,9-11H2,(H,23,24)/t16-,17+,18+,19-/m0/s1. The highest BCUT2D eigenvalue weighted by molar-refractivity contribution is 6.30. The van der Waals surface area contributed by atoms with Crippen LogP contribution in [-0.2, 0) is 4.79 Å². The molecular weight excluding hydrogens is 341 g/mol. The zero-order valence-corrected chi connectivity index (χ0v) is 14.7. The molecule has 0 radical (unpaired) electrons. The summed E-state index contributed by atoms with van der Waals surface area (Å²) in [4.78, 5) is 12.2. The molecule has 2 aromatic rings. The van der Waals surface area contributed by atoms with Gasteiger partial charge in [0.2, 0.25) is 5.91 Å². The van der Waals surface area contributed by atoms with Crippen LogP contribution in [0.2, 0.25) is 10.0 Å². The monoisotopic (exact) mass is 359 g/mol. The molecular formula is C20H19Cl2NO. The van der Waals surface area contributed by atoms with Crippen molar-refractivity contribution in [3.8, 4) is 0 Å². The van der Waals surface area contributed by atoms with Gasteiger partial charge in [-0.3, -0.25) is 4.79 Å². The highest BCUT2D eigenvalue weighted by Gasteiger charge is 2.46. The minimum Gasteiger partial charge on any atom is -0.356 e. The molecule has 4 atom stereocenters. The molecule has 0 unspecified atom stereocenters. The summed E-state index contributed by atoms with van der Waals surface area (Å²) in [5.74, 6) is 1.41. The van der Waals surface area contributed by atoms with E-state index in [1.807, 2.05) is 24.3 Å². The third kappa shape index (κ3) is 2.82. The van der Waals surface area contributed by atoms with Gasteiger partial charge in [-0.2, -0.15) is 0 Å². The molecule has 1 N–H and O–H groups in total.